The maximum atomic E-state index is 13.8. The highest BCUT2D eigenvalue weighted by atomic mass is 35.5. The number of hydrogen-bond donors (Lipinski definition) is 1. The van der Waals surface area contributed by atoms with Crippen molar-refractivity contribution in [3.63, 3.8) is 0 Å². The zero-order valence-electron chi connectivity index (χ0n) is 13.2. The summed E-state index contributed by atoms with van der Waals surface area (Å²) < 4.78 is 13.8. The van der Waals surface area contributed by atoms with Crippen LogP contribution in [-0.4, -0.2) is 24.4 Å². The van der Waals surface area contributed by atoms with Gasteiger partial charge in [-0.1, -0.05) is 48.0 Å². The van der Waals surface area contributed by atoms with Gasteiger partial charge in [0.1, 0.15) is 5.82 Å². The lowest BCUT2D eigenvalue weighted by molar-refractivity contribution is -0.122. The van der Waals surface area contributed by atoms with Gasteiger partial charge in [0.2, 0.25) is 5.91 Å². The van der Waals surface area contributed by atoms with Crippen LogP contribution >= 0.6 is 11.6 Å². The number of amides is 1. The van der Waals surface area contributed by atoms with E-state index in [-0.39, 0.29) is 30.9 Å². The highest BCUT2D eigenvalue weighted by Gasteiger charge is 2.14. The fraction of sp³-hybridized carbons (Fsp3) is 0.278. The van der Waals surface area contributed by atoms with E-state index in [1.807, 2.05) is 37.3 Å². The summed E-state index contributed by atoms with van der Waals surface area (Å²) in [6.07, 6.45) is 0. The molecule has 0 aliphatic heterocycles. The van der Waals surface area contributed by atoms with E-state index in [0.717, 1.165) is 5.56 Å². The number of halogens is 2. The first kappa shape index (κ1) is 17.4. The third-order valence-electron chi connectivity index (χ3n) is 3.58. The molecule has 0 aromatic heterocycles. The lowest BCUT2D eigenvalue weighted by Gasteiger charge is -2.20. The average molecular weight is 335 g/mol. The molecule has 1 N–H and O–H groups in total. The van der Waals surface area contributed by atoms with Gasteiger partial charge in [-0.25, -0.2) is 4.39 Å². The Morgan fingerprint density at radius 2 is 1.91 bits per heavy atom. The van der Waals surface area contributed by atoms with E-state index in [0.29, 0.717) is 10.6 Å². The van der Waals surface area contributed by atoms with Gasteiger partial charge in [0.15, 0.2) is 0 Å². The number of carbonyl (C=O) groups is 1. The Hall–Kier alpha value is -1.91. The smallest absolute Gasteiger partial charge is 0.234 e. The minimum absolute atomic E-state index is 0.0749. The largest absolute Gasteiger partial charge is 0.348 e. The first-order valence-corrected chi connectivity index (χ1v) is 7.81. The first-order chi connectivity index (χ1) is 11.0. The second kappa shape index (κ2) is 8.09. The maximum Gasteiger partial charge on any atom is 0.234 e. The van der Waals surface area contributed by atoms with Crippen molar-refractivity contribution in [2.24, 2.45) is 0 Å². The molecule has 0 spiro atoms. The molecule has 1 amide bonds. The molecule has 122 valence electrons. The Labute approximate surface area is 141 Å². The van der Waals surface area contributed by atoms with Crippen molar-refractivity contribution in [3.05, 3.63) is 70.5 Å². The van der Waals surface area contributed by atoms with Crippen LogP contribution in [0.3, 0.4) is 0 Å². The van der Waals surface area contributed by atoms with Crippen LogP contribution in [0, 0.1) is 5.82 Å². The Bertz CT molecular complexity index is 643. The van der Waals surface area contributed by atoms with Crippen LogP contribution in [0.5, 0.6) is 0 Å². The topological polar surface area (TPSA) is 32.3 Å². The van der Waals surface area contributed by atoms with Crippen molar-refractivity contribution in [2.45, 2.75) is 19.5 Å². The quantitative estimate of drug-likeness (QED) is 0.871. The molecule has 0 aliphatic carbocycles. The van der Waals surface area contributed by atoms with Crippen LogP contribution in [0.15, 0.2) is 48.5 Å². The van der Waals surface area contributed by atoms with Gasteiger partial charge in [0.05, 0.1) is 12.6 Å². The lowest BCUT2D eigenvalue weighted by Crippen LogP contribution is -2.36. The zero-order chi connectivity index (χ0) is 16.8. The summed E-state index contributed by atoms with van der Waals surface area (Å²) in [5.74, 6) is -0.473. The molecule has 5 heteroatoms. The van der Waals surface area contributed by atoms with Crippen LogP contribution in [0.1, 0.15) is 24.1 Å². The summed E-state index contributed by atoms with van der Waals surface area (Å²) in [7, 11) is 1.76. The SMILES string of the molecule is CC(NC(=O)CN(C)Cc1c(F)cccc1Cl)c1ccccc1. The molecule has 0 radical (unpaired) electrons. The van der Waals surface area contributed by atoms with Gasteiger partial charge in [0, 0.05) is 17.1 Å². The summed E-state index contributed by atoms with van der Waals surface area (Å²) >= 11 is 6.01. The van der Waals surface area contributed by atoms with E-state index in [1.165, 1.54) is 6.07 Å². The molecule has 1 atom stereocenters. The van der Waals surface area contributed by atoms with E-state index >= 15 is 0 Å². The van der Waals surface area contributed by atoms with Crippen molar-refractivity contribution >= 4 is 17.5 Å². The standard InChI is InChI=1S/C18H20ClFN2O/c1-13(14-7-4-3-5-8-14)21-18(23)12-22(2)11-15-16(19)9-6-10-17(15)20/h3-10,13H,11-12H2,1-2H3,(H,21,23). The number of rotatable bonds is 6. The van der Waals surface area contributed by atoms with Crippen LogP contribution < -0.4 is 5.32 Å². The minimum atomic E-state index is -0.359. The fourth-order valence-corrected chi connectivity index (χ4v) is 2.59. The van der Waals surface area contributed by atoms with Crippen LogP contribution in [-0.2, 0) is 11.3 Å². The number of nitrogens with zero attached hydrogens (tertiary/aromatic N) is 1. The van der Waals surface area contributed by atoms with Crippen molar-refractivity contribution in [1.82, 2.24) is 10.2 Å². The summed E-state index contributed by atoms with van der Waals surface area (Å²) in [5, 5.41) is 3.31. The summed E-state index contributed by atoms with van der Waals surface area (Å²) in [6, 6.07) is 14.2. The number of nitrogens with one attached hydrogen (secondary N) is 1. The molecule has 0 heterocycles. The van der Waals surface area contributed by atoms with Crippen molar-refractivity contribution in [2.75, 3.05) is 13.6 Å². The second-order valence-electron chi connectivity index (χ2n) is 5.57. The Morgan fingerprint density at radius 3 is 2.57 bits per heavy atom. The van der Waals surface area contributed by atoms with E-state index in [9.17, 15) is 9.18 Å². The normalized spacial score (nSPS) is 12.2. The van der Waals surface area contributed by atoms with Crippen LogP contribution in [0.4, 0.5) is 4.39 Å². The van der Waals surface area contributed by atoms with E-state index in [4.69, 9.17) is 11.6 Å². The van der Waals surface area contributed by atoms with Crippen molar-refractivity contribution < 1.29 is 9.18 Å². The predicted molar refractivity (Wildman–Crippen MR) is 90.7 cm³/mol. The molecular formula is C18H20ClFN2O. The van der Waals surface area contributed by atoms with E-state index in [2.05, 4.69) is 5.32 Å². The molecule has 0 bridgehead atoms. The number of hydrogen-bond acceptors (Lipinski definition) is 2. The third kappa shape index (κ3) is 5.05. The highest BCUT2D eigenvalue weighted by Crippen LogP contribution is 2.20. The Balaban J connectivity index is 1.90. The van der Waals surface area contributed by atoms with Crippen molar-refractivity contribution in [3.8, 4) is 0 Å². The van der Waals surface area contributed by atoms with Gasteiger partial charge in [-0.3, -0.25) is 9.69 Å². The molecular weight excluding hydrogens is 315 g/mol. The van der Waals surface area contributed by atoms with Gasteiger partial charge in [-0.05, 0) is 31.7 Å². The van der Waals surface area contributed by atoms with E-state index < -0.39 is 0 Å². The lowest BCUT2D eigenvalue weighted by atomic mass is 10.1. The van der Waals surface area contributed by atoms with Crippen LogP contribution in [0.25, 0.3) is 0 Å². The zero-order valence-corrected chi connectivity index (χ0v) is 14.0. The van der Waals surface area contributed by atoms with E-state index in [1.54, 1.807) is 24.1 Å². The van der Waals surface area contributed by atoms with Crippen LogP contribution in [0.2, 0.25) is 5.02 Å². The molecule has 23 heavy (non-hydrogen) atoms. The number of likely N-dealkylation sites (N-methyl/N-ethyl adjacent to an activating group) is 1. The molecule has 2 aromatic carbocycles. The average Bonchev–Trinajstić information content (AvgIpc) is 2.51. The summed E-state index contributed by atoms with van der Waals surface area (Å²) in [4.78, 5) is 13.9. The molecule has 2 aromatic rings. The molecule has 1 unspecified atom stereocenters. The van der Waals surface area contributed by atoms with Gasteiger partial charge in [-0.2, -0.15) is 0 Å². The Morgan fingerprint density at radius 1 is 1.22 bits per heavy atom. The molecule has 2 rings (SSSR count). The molecule has 3 nitrogen and oxygen atoms in total. The molecule has 0 fully saturated rings. The predicted octanol–water partition coefficient (Wildman–Crippen LogP) is 3.79. The van der Waals surface area contributed by atoms with Gasteiger partial charge in [-0.15, -0.1) is 0 Å². The van der Waals surface area contributed by atoms with Gasteiger partial charge in [0.25, 0.3) is 0 Å². The van der Waals surface area contributed by atoms with Gasteiger partial charge < -0.3 is 5.32 Å². The summed E-state index contributed by atoms with van der Waals surface area (Å²) in [5.41, 5.74) is 1.45. The highest BCUT2D eigenvalue weighted by molar-refractivity contribution is 6.31. The molecule has 0 saturated carbocycles. The maximum absolute atomic E-state index is 13.8. The molecule has 0 saturated heterocycles. The fourth-order valence-electron chi connectivity index (χ4n) is 2.37. The third-order valence-corrected chi connectivity index (χ3v) is 3.93. The second-order valence-corrected chi connectivity index (χ2v) is 5.98. The molecule has 0 aliphatic rings. The number of benzene rings is 2. The minimum Gasteiger partial charge on any atom is -0.348 e. The first-order valence-electron chi connectivity index (χ1n) is 7.43. The number of carbonyl (C=O) groups excluding carboxylic acids is 1. The Kier molecular flexibility index (Phi) is 6.13. The van der Waals surface area contributed by atoms with Crippen molar-refractivity contribution in [1.29, 1.82) is 0 Å². The monoisotopic (exact) mass is 334 g/mol. The summed E-state index contributed by atoms with van der Waals surface area (Å²) in [6.45, 7) is 2.38. The van der Waals surface area contributed by atoms with Gasteiger partial charge >= 0.3 is 0 Å².